The summed E-state index contributed by atoms with van der Waals surface area (Å²) in [5.74, 6) is -0.279. The van der Waals surface area contributed by atoms with E-state index in [1.807, 2.05) is 0 Å². The number of ketones is 1. The van der Waals surface area contributed by atoms with Gasteiger partial charge in [0.05, 0.1) is 0 Å². The summed E-state index contributed by atoms with van der Waals surface area (Å²) in [6.07, 6.45) is 3.94. The molecule has 1 aromatic carbocycles. The number of ether oxygens (including phenoxy) is 2. The van der Waals surface area contributed by atoms with Crippen molar-refractivity contribution in [3.63, 3.8) is 0 Å². The molecule has 0 bridgehead atoms. The molecule has 0 radical (unpaired) electrons. The predicted octanol–water partition coefficient (Wildman–Crippen LogP) is 3.59. The third-order valence-corrected chi connectivity index (χ3v) is 4.29. The van der Waals surface area contributed by atoms with Crippen molar-refractivity contribution in [3.8, 4) is 11.5 Å². The van der Waals surface area contributed by atoms with E-state index in [-0.39, 0.29) is 23.7 Å². The molecule has 0 amide bonds. The summed E-state index contributed by atoms with van der Waals surface area (Å²) in [4.78, 5) is 41.0. The molecule has 0 N–H and O–H groups in total. The van der Waals surface area contributed by atoms with Crippen LogP contribution in [0.1, 0.15) is 56.3 Å². The number of rotatable bonds is 8. The third-order valence-electron chi connectivity index (χ3n) is 4.29. The minimum Gasteiger partial charge on any atom is -0.454 e. The topological polar surface area (TPSA) is 104 Å². The van der Waals surface area contributed by atoms with Crippen molar-refractivity contribution in [1.29, 1.82) is 0 Å². The highest BCUT2D eigenvalue weighted by Crippen LogP contribution is 2.35. The van der Waals surface area contributed by atoms with Crippen LogP contribution in [0, 0.1) is 0 Å². The monoisotopic (exact) mass is 387 g/mol. The molecule has 1 aliphatic heterocycles. The van der Waals surface area contributed by atoms with Gasteiger partial charge in [-0.1, -0.05) is 31.3 Å². The maximum atomic E-state index is 12.9. The number of hydrogen-bond acceptors (Lipinski definition) is 8. The number of hydrogen-bond donors (Lipinski definition) is 0. The first-order chi connectivity index (χ1) is 13.5. The Bertz CT molecular complexity index is 990. The van der Waals surface area contributed by atoms with Gasteiger partial charge in [-0.25, -0.2) is 9.59 Å². The van der Waals surface area contributed by atoms with E-state index in [1.165, 1.54) is 13.0 Å². The van der Waals surface area contributed by atoms with Gasteiger partial charge >= 0.3 is 11.6 Å². The van der Waals surface area contributed by atoms with Crippen molar-refractivity contribution in [2.24, 2.45) is 5.16 Å². The molecule has 1 aromatic heterocycles. The Balaban J connectivity index is 1.92. The van der Waals surface area contributed by atoms with Gasteiger partial charge in [0.25, 0.3) is 0 Å². The zero-order chi connectivity index (χ0) is 20.1. The number of nitrogens with zero attached hydrogens (tertiary/aromatic N) is 1. The van der Waals surface area contributed by atoms with Gasteiger partial charge in [-0.05, 0) is 25.0 Å². The second-order valence-corrected chi connectivity index (χ2v) is 6.45. The van der Waals surface area contributed by atoms with E-state index in [0.717, 1.165) is 19.3 Å². The molecule has 8 nitrogen and oxygen atoms in total. The Morgan fingerprint density at radius 3 is 2.57 bits per heavy atom. The Morgan fingerprint density at radius 1 is 1.11 bits per heavy atom. The number of unbranched alkanes of at least 4 members (excludes halogenated alkanes) is 3. The first-order valence-electron chi connectivity index (χ1n) is 9.16. The largest absolute Gasteiger partial charge is 0.454 e. The van der Waals surface area contributed by atoms with Crippen LogP contribution in [0.3, 0.4) is 0 Å². The van der Waals surface area contributed by atoms with Gasteiger partial charge in [-0.15, -0.1) is 0 Å². The van der Waals surface area contributed by atoms with E-state index in [4.69, 9.17) is 13.9 Å². The van der Waals surface area contributed by atoms with Crippen LogP contribution in [0.15, 0.2) is 32.6 Å². The lowest BCUT2D eigenvalue weighted by atomic mass is 10.0. The minimum absolute atomic E-state index is 0.0127. The van der Waals surface area contributed by atoms with Gasteiger partial charge in [0.15, 0.2) is 11.5 Å². The molecule has 2 aromatic rings. The normalized spacial score (nSPS) is 13.0. The molecule has 0 fully saturated rings. The molecule has 148 valence electrons. The SMILES string of the molecule is CCCCCC/C(=N\OC(C)=O)C(=O)c1cc2cc3c(cc2oc1=O)OCO3. The molecular weight excluding hydrogens is 366 g/mol. The van der Waals surface area contributed by atoms with Crippen molar-refractivity contribution in [1.82, 2.24) is 0 Å². The molecule has 0 atom stereocenters. The molecule has 0 aliphatic carbocycles. The van der Waals surface area contributed by atoms with Crippen LogP contribution in [0.5, 0.6) is 11.5 Å². The molecular formula is C20H21NO7. The second-order valence-electron chi connectivity index (χ2n) is 6.45. The standard InChI is InChI=1S/C20H21NO7/c1-3-4-5-6-7-15(21-28-12(2)22)19(23)14-8-13-9-17-18(26-11-25-17)10-16(13)27-20(14)24/h8-10H,3-7,11H2,1-2H3/b21-15+. The summed E-state index contributed by atoms with van der Waals surface area (Å²) < 4.78 is 15.9. The van der Waals surface area contributed by atoms with Crippen molar-refractivity contribution in [2.45, 2.75) is 46.0 Å². The quantitative estimate of drug-likeness (QED) is 0.170. The fraction of sp³-hybridized carbons (Fsp3) is 0.400. The fourth-order valence-electron chi connectivity index (χ4n) is 2.86. The highest BCUT2D eigenvalue weighted by Gasteiger charge is 2.22. The summed E-state index contributed by atoms with van der Waals surface area (Å²) in [5.41, 5.74) is -0.667. The van der Waals surface area contributed by atoms with E-state index in [1.54, 1.807) is 12.1 Å². The Morgan fingerprint density at radius 2 is 1.86 bits per heavy atom. The van der Waals surface area contributed by atoms with E-state index >= 15 is 0 Å². The summed E-state index contributed by atoms with van der Waals surface area (Å²) in [5, 5.41) is 4.19. The summed E-state index contributed by atoms with van der Waals surface area (Å²) in [6, 6.07) is 4.62. The van der Waals surface area contributed by atoms with Crippen LogP contribution in [0.25, 0.3) is 11.0 Å². The molecule has 0 unspecified atom stereocenters. The number of benzene rings is 1. The van der Waals surface area contributed by atoms with Gasteiger partial charge in [-0.3, -0.25) is 4.79 Å². The molecule has 0 saturated carbocycles. The van der Waals surface area contributed by atoms with Gasteiger partial charge in [0.1, 0.15) is 16.9 Å². The highest BCUT2D eigenvalue weighted by atomic mass is 16.7. The second kappa shape index (κ2) is 8.69. The summed E-state index contributed by atoms with van der Waals surface area (Å²) in [7, 11) is 0. The minimum atomic E-state index is -0.791. The van der Waals surface area contributed by atoms with Crippen molar-refractivity contribution in [2.75, 3.05) is 6.79 Å². The van der Waals surface area contributed by atoms with Crippen molar-refractivity contribution < 1.29 is 28.3 Å². The Kier molecular flexibility index (Phi) is 6.08. The summed E-state index contributed by atoms with van der Waals surface area (Å²) >= 11 is 0. The molecule has 28 heavy (non-hydrogen) atoms. The lowest BCUT2D eigenvalue weighted by Crippen LogP contribution is -2.22. The Hall–Kier alpha value is -3.16. The van der Waals surface area contributed by atoms with Crippen molar-refractivity contribution >= 4 is 28.4 Å². The van der Waals surface area contributed by atoms with Gasteiger partial charge in [0, 0.05) is 18.4 Å². The Labute approximate surface area is 161 Å². The fourth-order valence-corrected chi connectivity index (χ4v) is 2.86. The first kappa shape index (κ1) is 19.6. The average Bonchev–Trinajstić information content (AvgIpc) is 3.11. The highest BCUT2D eigenvalue weighted by molar-refractivity contribution is 6.46. The number of fused-ring (bicyclic) bond motifs is 2. The lowest BCUT2D eigenvalue weighted by Gasteiger charge is -2.06. The zero-order valence-electron chi connectivity index (χ0n) is 15.8. The number of Topliss-reactive ketones (excluding diaryl/α,β-unsaturated/α-hetero) is 1. The number of oxime groups is 1. The molecule has 8 heteroatoms. The van der Waals surface area contributed by atoms with E-state index in [9.17, 15) is 14.4 Å². The third kappa shape index (κ3) is 4.39. The van der Waals surface area contributed by atoms with Gasteiger partial charge in [-0.2, -0.15) is 0 Å². The smallest absolute Gasteiger partial charge is 0.347 e. The van der Waals surface area contributed by atoms with Crippen LogP contribution in [-0.2, 0) is 9.63 Å². The van der Waals surface area contributed by atoms with Gasteiger partial charge < -0.3 is 18.7 Å². The lowest BCUT2D eigenvalue weighted by molar-refractivity contribution is -0.140. The number of carbonyl (C=O) groups is 2. The van der Waals surface area contributed by atoms with Crippen LogP contribution in [0.4, 0.5) is 0 Å². The molecule has 1 aliphatic rings. The maximum absolute atomic E-state index is 12.9. The summed E-state index contributed by atoms with van der Waals surface area (Å²) in [6.45, 7) is 3.35. The zero-order valence-corrected chi connectivity index (χ0v) is 15.8. The maximum Gasteiger partial charge on any atom is 0.347 e. The van der Waals surface area contributed by atoms with E-state index < -0.39 is 17.4 Å². The molecule has 3 rings (SSSR count). The van der Waals surface area contributed by atoms with E-state index in [2.05, 4.69) is 16.9 Å². The van der Waals surface area contributed by atoms with Crippen LogP contribution >= 0.6 is 0 Å². The molecule has 0 saturated heterocycles. The number of carbonyl (C=O) groups excluding carboxylic acids is 2. The predicted molar refractivity (Wildman–Crippen MR) is 101 cm³/mol. The first-order valence-corrected chi connectivity index (χ1v) is 9.16. The van der Waals surface area contributed by atoms with E-state index in [0.29, 0.717) is 29.7 Å². The average molecular weight is 387 g/mol. The molecule has 2 heterocycles. The van der Waals surface area contributed by atoms with Crippen LogP contribution in [-0.4, -0.2) is 24.3 Å². The van der Waals surface area contributed by atoms with Crippen LogP contribution in [0.2, 0.25) is 0 Å². The van der Waals surface area contributed by atoms with Crippen molar-refractivity contribution in [3.05, 3.63) is 34.2 Å². The molecule has 0 spiro atoms. The van der Waals surface area contributed by atoms with Gasteiger partial charge in [0.2, 0.25) is 12.6 Å². The van der Waals surface area contributed by atoms with Crippen LogP contribution < -0.4 is 15.1 Å².